The van der Waals surface area contributed by atoms with Crippen molar-refractivity contribution in [2.75, 3.05) is 0 Å². The summed E-state index contributed by atoms with van der Waals surface area (Å²) < 4.78 is 0. The second-order valence-electron chi connectivity index (χ2n) is 15.6. The molecule has 0 atom stereocenters. The second-order valence-corrected chi connectivity index (χ2v) is 16.6. The molecule has 0 saturated heterocycles. The Morgan fingerprint density at radius 3 is 1.60 bits per heavy atom. The average Bonchev–Trinajstić information content (AvgIpc) is 3.27. The maximum Gasteiger partial charge on any atom is 0.164 e. The van der Waals surface area contributed by atoms with Gasteiger partial charge in [0.1, 0.15) is 0 Å². The molecule has 11 rings (SSSR count). The standard InChI is InChI=1S/C53H37N3S/c1-52(2)41-23-8-9-24-42(41)53(43-25-10-12-28-46(43)57-47-29-13-11-26-44(47)53)45-27-15-22-40(48(45)52)37-20-14-21-38(33-37)50-54-49(35-17-4-3-5-18-35)55-51(56-50)39-31-30-34-16-6-7-19-36(34)32-39/h3-33H,1-2H3. The number of aromatic nitrogens is 3. The van der Waals surface area contributed by atoms with Crippen LogP contribution < -0.4 is 0 Å². The summed E-state index contributed by atoms with van der Waals surface area (Å²) in [5.41, 5.74) is 12.5. The first-order valence-corrected chi connectivity index (χ1v) is 20.3. The van der Waals surface area contributed by atoms with E-state index >= 15 is 0 Å². The van der Waals surface area contributed by atoms with Crippen LogP contribution in [0.1, 0.15) is 47.2 Å². The zero-order valence-electron chi connectivity index (χ0n) is 31.6. The van der Waals surface area contributed by atoms with E-state index < -0.39 is 5.41 Å². The van der Waals surface area contributed by atoms with Crippen LogP contribution in [0.25, 0.3) is 56.1 Å². The minimum absolute atomic E-state index is 0.296. The molecule has 8 aromatic carbocycles. The Morgan fingerprint density at radius 1 is 0.368 bits per heavy atom. The van der Waals surface area contributed by atoms with Gasteiger partial charge in [0.15, 0.2) is 17.5 Å². The zero-order chi connectivity index (χ0) is 38.1. The molecule has 0 bridgehead atoms. The van der Waals surface area contributed by atoms with Crippen molar-refractivity contribution in [1.82, 2.24) is 15.0 Å². The average molecular weight is 748 g/mol. The van der Waals surface area contributed by atoms with Crippen LogP contribution in [0.15, 0.2) is 198 Å². The van der Waals surface area contributed by atoms with Gasteiger partial charge in [-0.15, -0.1) is 0 Å². The van der Waals surface area contributed by atoms with Crippen molar-refractivity contribution in [2.45, 2.75) is 34.5 Å². The van der Waals surface area contributed by atoms with E-state index in [0.717, 1.165) is 27.6 Å². The molecule has 2 aliphatic rings. The summed E-state index contributed by atoms with van der Waals surface area (Å²) >= 11 is 1.88. The largest absolute Gasteiger partial charge is 0.208 e. The summed E-state index contributed by atoms with van der Waals surface area (Å²) in [6.45, 7) is 4.79. The number of nitrogens with zero attached hydrogens (tertiary/aromatic N) is 3. The van der Waals surface area contributed by atoms with Crippen molar-refractivity contribution >= 4 is 22.5 Å². The number of rotatable bonds is 4. The van der Waals surface area contributed by atoms with Gasteiger partial charge in [0, 0.05) is 31.9 Å². The highest BCUT2D eigenvalue weighted by Gasteiger charge is 2.52. The van der Waals surface area contributed by atoms with Crippen molar-refractivity contribution < 1.29 is 0 Å². The zero-order valence-corrected chi connectivity index (χ0v) is 32.5. The molecule has 0 unspecified atom stereocenters. The smallest absolute Gasteiger partial charge is 0.164 e. The first kappa shape index (κ1) is 33.7. The summed E-state index contributed by atoms with van der Waals surface area (Å²) in [4.78, 5) is 18.0. The number of fused-ring (bicyclic) bond motifs is 9. The molecule has 4 heteroatoms. The SMILES string of the molecule is CC1(C)c2ccccc2C2(c3ccccc3Sc3ccccc32)c2cccc(-c3cccc(-c4nc(-c5ccccc5)nc(-c5ccc6ccccc6c5)n4)c3)c21. The van der Waals surface area contributed by atoms with Crippen molar-refractivity contribution in [3.8, 4) is 45.3 Å². The summed E-state index contributed by atoms with van der Waals surface area (Å²) in [6.07, 6.45) is 0. The predicted molar refractivity (Wildman–Crippen MR) is 234 cm³/mol. The van der Waals surface area contributed by atoms with E-state index in [1.807, 2.05) is 30.0 Å². The quantitative estimate of drug-likeness (QED) is 0.180. The van der Waals surface area contributed by atoms with E-state index in [9.17, 15) is 0 Å². The third-order valence-corrected chi connectivity index (χ3v) is 13.2. The van der Waals surface area contributed by atoms with Crippen molar-refractivity contribution in [2.24, 2.45) is 0 Å². The lowest BCUT2D eigenvalue weighted by Gasteiger charge is -2.51. The monoisotopic (exact) mass is 747 g/mol. The molecule has 0 saturated carbocycles. The Labute approximate surface area is 337 Å². The molecule has 270 valence electrons. The Morgan fingerprint density at radius 2 is 0.877 bits per heavy atom. The van der Waals surface area contributed by atoms with Crippen LogP contribution >= 0.6 is 11.8 Å². The molecule has 1 spiro atoms. The lowest BCUT2D eigenvalue weighted by molar-refractivity contribution is 0.550. The van der Waals surface area contributed by atoms with Gasteiger partial charge in [-0.25, -0.2) is 15.0 Å². The van der Waals surface area contributed by atoms with Gasteiger partial charge in [-0.2, -0.15) is 0 Å². The third kappa shape index (κ3) is 5.17. The van der Waals surface area contributed by atoms with Gasteiger partial charge in [-0.1, -0.05) is 189 Å². The molecule has 3 nitrogen and oxygen atoms in total. The lowest BCUT2D eigenvalue weighted by Crippen LogP contribution is -2.43. The fraction of sp³-hybridized carbons (Fsp3) is 0.0755. The molecule has 0 fully saturated rings. The van der Waals surface area contributed by atoms with Crippen LogP contribution in [0.5, 0.6) is 0 Å². The highest BCUT2D eigenvalue weighted by molar-refractivity contribution is 7.99. The van der Waals surface area contributed by atoms with Gasteiger partial charge in [-0.05, 0) is 79.5 Å². The van der Waals surface area contributed by atoms with Gasteiger partial charge < -0.3 is 0 Å². The van der Waals surface area contributed by atoms with Crippen LogP contribution in [0.2, 0.25) is 0 Å². The number of hydrogen-bond donors (Lipinski definition) is 0. The normalized spacial score (nSPS) is 14.4. The Balaban J connectivity index is 1.14. The molecule has 57 heavy (non-hydrogen) atoms. The molecule has 0 N–H and O–H groups in total. The van der Waals surface area contributed by atoms with Crippen LogP contribution in [0.4, 0.5) is 0 Å². The summed E-state index contributed by atoms with van der Waals surface area (Å²) in [7, 11) is 0. The van der Waals surface area contributed by atoms with E-state index in [1.165, 1.54) is 54.1 Å². The van der Waals surface area contributed by atoms with E-state index in [-0.39, 0.29) is 5.41 Å². The molecular weight excluding hydrogens is 711 g/mol. The summed E-state index contributed by atoms with van der Waals surface area (Å²) in [5.74, 6) is 1.95. The minimum Gasteiger partial charge on any atom is -0.208 e. The second kappa shape index (κ2) is 13.0. The fourth-order valence-electron chi connectivity index (χ4n) is 9.49. The van der Waals surface area contributed by atoms with Gasteiger partial charge >= 0.3 is 0 Å². The molecule has 1 aliphatic heterocycles. The summed E-state index contributed by atoms with van der Waals surface area (Å²) in [5, 5.41) is 2.34. The molecule has 9 aromatic rings. The van der Waals surface area contributed by atoms with E-state index in [1.54, 1.807) is 0 Å². The van der Waals surface area contributed by atoms with E-state index in [2.05, 4.69) is 184 Å². The van der Waals surface area contributed by atoms with Crippen molar-refractivity contribution in [1.29, 1.82) is 0 Å². The molecule has 2 heterocycles. The van der Waals surface area contributed by atoms with E-state index in [4.69, 9.17) is 15.0 Å². The lowest BCUT2D eigenvalue weighted by atomic mass is 9.53. The Bertz CT molecular complexity index is 2990. The maximum absolute atomic E-state index is 5.18. The molecule has 0 amide bonds. The van der Waals surface area contributed by atoms with Crippen LogP contribution in [-0.4, -0.2) is 15.0 Å². The van der Waals surface area contributed by atoms with Gasteiger partial charge in [0.25, 0.3) is 0 Å². The minimum atomic E-state index is -0.485. The summed E-state index contributed by atoms with van der Waals surface area (Å²) in [6, 6.07) is 67.9. The Kier molecular flexibility index (Phi) is 7.67. The van der Waals surface area contributed by atoms with E-state index in [0.29, 0.717) is 17.5 Å². The molecule has 1 aromatic heterocycles. The first-order valence-electron chi connectivity index (χ1n) is 19.5. The van der Waals surface area contributed by atoms with Crippen LogP contribution in [0, 0.1) is 0 Å². The fourth-order valence-corrected chi connectivity index (χ4v) is 10.7. The first-order chi connectivity index (χ1) is 28.0. The number of benzene rings is 8. The maximum atomic E-state index is 5.18. The predicted octanol–water partition coefficient (Wildman–Crippen LogP) is 13.2. The third-order valence-electron chi connectivity index (χ3n) is 12.0. The van der Waals surface area contributed by atoms with Crippen LogP contribution in [0.3, 0.4) is 0 Å². The highest BCUT2D eigenvalue weighted by Crippen LogP contribution is 2.62. The van der Waals surface area contributed by atoms with Crippen LogP contribution in [-0.2, 0) is 10.8 Å². The van der Waals surface area contributed by atoms with Gasteiger partial charge in [0.05, 0.1) is 5.41 Å². The molecular formula is C53H37N3S. The van der Waals surface area contributed by atoms with Crippen molar-refractivity contribution in [3.05, 3.63) is 221 Å². The molecule has 1 aliphatic carbocycles. The Hall–Kier alpha value is -6.62. The topological polar surface area (TPSA) is 38.7 Å². The number of hydrogen-bond acceptors (Lipinski definition) is 4. The van der Waals surface area contributed by atoms with Crippen molar-refractivity contribution in [3.63, 3.8) is 0 Å². The molecule has 0 radical (unpaired) electrons. The highest BCUT2D eigenvalue weighted by atomic mass is 32.2. The van der Waals surface area contributed by atoms with Gasteiger partial charge in [-0.3, -0.25) is 0 Å². The van der Waals surface area contributed by atoms with Gasteiger partial charge in [0.2, 0.25) is 0 Å².